The van der Waals surface area contributed by atoms with E-state index >= 15 is 0 Å². The maximum absolute atomic E-state index is 12.4. The van der Waals surface area contributed by atoms with Gasteiger partial charge in [0.2, 0.25) is 10.0 Å². The second-order valence-electron chi connectivity index (χ2n) is 5.50. The summed E-state index contributed by atoms with van der Waals surface area (Å²) < 4.78 is 32.2. The molecule has 0 amide bonds. The van der Waals surface area contributed by atoms with Crippen molar-refractivity contribution in [2.45, 2.75) is 38.1 Å². The van der Waals surface area contributed by atoms with Crippen LogP contribution in [0.3, 0.4) is 0 Å². The van der Waals surface area contributed by atoms with Gasteiger partial charge < -0.3 is 9.42 Å². The van der Waals surface area contributed by atoms with Crippen LogP contribution in [0.5, 0.6) is 0 Å². The van der Waals surface area contributed by atoms with Crippen LogP contribution < -0.4 is 9.62 Å². The van der Waals surface area contributed by atoms with E-state index < -0.39 is 10.0 Å². The Kier molecular flexibility index (Phi) is 4.31. The lowest BCUT2D eigenvalue weighted by Crippen LogP contribution is -2.26. The molecule has 2 aromatic heterocycles. The molecule has 0 unspecified atom stereocenters. The third kappa shape index (κ3) is 3.35. The van der Waals surface area contributed by atoms with E-state index in [0.717, 1.165) is 31.7 Å². The van der Waals surface area contributed by atoms with Gasteiger partial charge in [0.25, 0.3) is 0 Å². The lowest BCUT2D eigenvalue weighted by atomic mass is 10.4. The third-order valence-electron chi connectivity index (χ3n) is 3.78. The van der Waals surface area contributed by atoms with Crippen LogP contribution in [-0.4, -0.2) is 36.6 Å². The van der Waals surface area contributed by atoms with Crippen molar-refractivity contribution in [1.29, 1.82) is 0 Å². The van der Waals surface area contributed by atoms with Gasteiger partial charge in [-0.25, -0.2) is 23.1 Å². The van der Waals surface area contributed by atoms with Crippen LogP contribution in [0.25, 0.3) is 0 Å². The van der Waals surface area contributed by atoms with Crippen LogP contribution in [0.4, 0.5) is 5.82 Å². The largest absolute Gasteiger partial charge is 0.360 e. The highest BCUT2D eigenvalue weighted by Gasteiger charge is 2.24. The van der Waals surface area contributed by atoms with E-state index in [1.54, 1.807) is 20.0 Å². The summed E-state index contributed by atoms with van der Waals surface area (Å²) in [5, 5.41) is 3.67. The van der Waals surface area contributed by atoms with Gasteiger partial charge in [0.05, 0.1) is 6.54 Å². The predicted octanol–water partition coefficient (Wildman–Crippen LogP) is 1.16. The minimum Gasteiger partial charge on any atom is -0.360 e. The van der Waals surface area contributed by atoms with Gasteiger partial charge in [0, 0.05) is 19.3 Å². The first-order chi connectivity index (χ1) is 11.0. The maximum Gasteiger partial charge on any atom is 0.246 e. The highest BCUT2D eigenvalue weighted by molar-refractivity contribution is 7.89. The molecule has 0 spiro atoms. The van der Waals surface area contributed by atoms with E-state index in [4.69, 9.17) is 4.52 Å². The molecular weight excluding hydrogens is 318 g/mol. The van der Waals surface area contributed by atoms with E-state index in [2.05, 4.69) is 24.7 Å². The van der Waals surface area contributed by atoms with Crippen LogP contribution in [0, 0.1) is 13.8 Å². The molecule has 2 aromatic rings. The Morgan fingerprint density at radius 1 is 1.30 bits per heavy atom. The molecule has 0 saturated carbocycles. The summed E-state index contributed by atoms with van der Waals surface area (Å²) in [7, 11) is -3.71. The molecule has 1 fully saturated rings. The average Bonchev–Trinajstić information content (AvgIpc) is 3.16. The summed E-state index contributed by atoms with van der Waals surface area (Å²) in [6.45, 7) is 5.13. The van der Waals surface area contributed by atoms with Crippen molar-refractivity contribution in [2.75, 3.05) is 18.0 Å². The van der Waals surface area contributed by atoms with Gasteiger partial charge in [-0.1, -0.05) is 5.16 Å². The smallest absolute Gasteiger partial charge is 0.246 e. The molecule has 0 radical (unpaired) electrons. The topological polar surface area (TPSA) is 101 Å². The second-order valence-corrected chi connectivity index (χ2v) is 7.21. The van der Waals surface area contributed by atoms with Gasteiger partial charge in [0.15, 0.2) is 5.76 Å². The zero-order valence-corrected chi connectivity index (χ0v) is 13.9. The van der Waals surface area contributed by atoms with Gasteiger partial charge in [-0.2, -0.15) is 0 Å². The first-order valence-corrected chi connectivity index (χ1v) is 8.95. The summed E-state index contributed by atoms with van der Waals surface area (Å²) in [6, 6.07) is 1.84. The molecule has 1 N–H and O–H groups in total. The standard InChI is InChI=1S/C14H19N5O3S/c1-10-14(11(2)22-18-10)23(20,21)16-9-12-15-6-5-13(17-12)19-7-3-4-8-19/h5-6,16H,3-4,7-9H2,1-2H3. The number of nitrogens with one attached hydrogen (secondary N) is 1. The number of sulfonamides is 1. The van der Waals surface area contributed by atoms with E-state index in [9.17, 15) is 8.42 Å². The monoisotopic (exact) mass is 337 g/mol. The quantitative estimate of drug-likeness (QED) is 0.873. The second kappa shape index (κ2) is 6.25. The zero-order valence-electron chi connectivity index (χ0n) is 13.1. The summed E-state index contributed by atoms with van der Waals surface area (Å²) in [5.41, 5.74) is 0.335. The van der Waals surface area contributed by atoms with Gasteiger partial charge in [-0.05, 0) is 32.8 Å². The predicted molar refractivity (Wildman–Crippen MR) is 83.5 cm³/mol. The molecule has 0 atom stereocenters. The summed E-state index contributed by atoms with van der Waals surface area (Å²) in [5.74, 6) is 1.54. The molecule has 8 nitrogen and oxygen atoms in total. The average molecular weight is 337 g/mol. The number of rotatable bonds is 5. The number of hydrogen-bond donors (Lipinski definition) is 1. The van der Waals surface area contributed by atoms with Crippen molar-refractivity contribution in [3.63, 3.8) is 0 Å². The third-order valence-corrected chi connectivity index (χ3v) is 5.42. The van der Waals surface area contributed by atoms with E-state index in [0.29, 0.717) is 11.5 Å². The normalized spacial score (nSPS) is 15.3. The fourth-order valence-corrected chi connectivity index (χ4v) is 3.99. The fraction of sp³-hybridized carbons (Fsp3) is 0.500. The molecule has 23 heavy (non-hydrogen) atoms. The zero-order chi connectivity index (χ0) is 16.4. The summed E-state index contributed by atoms with van der Waals surface area (Å²) in [6.07, 6.45) is 3.95. The Morgan fingerprint density at radius 3 is 2.70 bits per heavy atom. The highest BCUT2D eigenvalue weighted by Crippen LogP contribution is 2.19. The lowest BCUT2D eigenvalue weighted by Gasteiger charge is -2.16. The molecular formula is C14H19N5O3S. The SMILES string of the molecule is Cc1noc(C)c1S(=O)(=O)NCc1nccc(N2CCCC2)n1. The van der Waals surface area contributed by atoms with Crippen molar-refractivity contribution >= 4 is 15.8 Å². The summed E-state index contributed by atoms with van der Waals surface area (Å²) in [4.78, 5) is 10.8. The highest BCUT2D eigenvalue weighted by atomic mass is 32.2. The molecule has 0 aliphatic carbocycles. The van der Waals surface area contributed by atoms with Gasteiger partial charge in [-0.3, -0.25) is 0 Å². The van der Waals surface area contributed by atoms with Gasteiger partial charge >= 0.3 is 0 Å². The molecule has 1 aliphatic rings. The first kappa shape index (κ1) is 15.9. The number of nitrogens with zero attached hydrogens (tertiary/aromatic N) is 4. The molecule has 3 heterocycles. The Morgan fingerprint density at radius 2 is 2.04 bits per heavy atom. The fourth-order valence-electron chi connectivity index (χ4n) is 2.69. The van der Waals surface area contributed by atoms with Crippen molar-refractivity contribution in [3.05, 3.63) is 29.5 Å². The minimum atomic E-state index is -3.71. The van der Waals surface area contributed by atoms with Crippen LogP contribution in [0.2, 0.25) is 0 Å². The van der Waals surface area contributed by atoms with Crippen molar-refractivity contribution < 1.29 is 12.9 Å². The number of hydrogen-bond acceptors (Lipinski definition) is 7. The van der Waals surface area contributed by atoms with Crippen LogP contribution in [-0.2, 0) is 16.6 Å². The van der Waals surface area contributed by atoms with Crippen molar-refractivity contribution in [2.24, 2.45) is 0 Å². The van der Waals surface area contributed by atoms with Crippen LogP contribution in [0.15, 0.2) is 21.7 Å². The van der Waals surface area contributed by atoms with Crippen LogP contribution in [0.1, 0.15) is 30.1 Å². The van der Waals surface area contributed by atoms with Crippen LogP contribution >= 0.6 is 0 Å². The lowest BCUT2D eigenvalue weighted by molar-refractivity contribution is 0.390. The minimum absolute atomic E-state index is 0.0219. The first-order valence-electron chi connectivity index (χ1n) is 7.47. The van der Waals surface area contributed by atoms with E-state index in [1.807, 2.05) is 6.07 Å². The van der Waals surface area contributed by atoms with Crippen molar-refractivity contribution in [1.82, 2.24) is 19.8 Å². The molecule has 1 aliphatic heterocycles. The molecule has 1 saturated heterocycles. The molecule has 0 aromatic carbocycles. The molecule has 0 bridgehead atoms. The molecule has 3 rings (SSSR count). The molecule has 124 valence electrons. The molecule has 9 heteroatoms. The number of anilines is 1. The Hall–Kier alpha value is -2.00. The van der Waals surface area contributed by atoms with E-state index in [-0.39, 0.29) is 17.2 Å². The number of aromatic nitrogens is 3. The number of aryl methyl sites for hydroxylation is 2. The summed E-state index contributed by atoms with van der Waals surface area (Å²) >= 11 is 0. The maximum atomic E-state index is 12.4. The Bertz CT molecular complexity index is 777. The Labute approximate surface area is 135 Å². The van der Waals surface area contributed by atoms with Crippen molar-refractivity contribution in [3.8, 4) is 0 Å². The van der Waals surface area contributed by atoms with E-state index in [1.165, 1.54) is 0 Å². The van der Waals surface area contributed by atoms with Gasteiger partial charge in [0.1, 0.15) is 22.2 Å². The Balaban J connectivity index is 1.74. The van der Waals surface area contributed by atoms with Gasteiger partial charge in [-0.15, -0.1) is 0 Å².